The van der Waals surface area contributed by atoms with Crippen molar-refractivity contribution >= 4 is 29.1 Å². The highest BCUT2D eigenvalue weighted by Gasteiger charge is 2.35. The Morgan fingerprint density at radius 1 is 1.19 bits per heavy atom. The van der Waals surface area contributed by atoms with Crippen LogP contribution in [0.1, 0.15) is 25.3 Å². The van der Waals surface area contributed by atoms with E-state index in [0.29, 0.717) is 30.1 Å². The highest BCUT2D eigenvalue weighted by atomic mass is 35.5. The largest absolute Gasteiger partial charge is 0.330 e. The number of hydrogen-bond acceptors (Lipinski definition) is 2. The van der Waals surface area contributed by atoms with Gasteiger partial charge in [0.25, 0.3) is 0 Å². The summed E-state index contributed by atoms with van der Waals surface area (Å²) >= 11 is 5.86. The molecule has 1 aliphatic rings. The van der Waals surface area contributed by atoms with Crippen LogP contribution >= 0.6 is 11.6 Å². The van der Waals surface area contributed by atoms with E-state index in [2.05, 4.69) is 5.32 Å². The zero-order valence-electron chi connectivity index (χ0n) is 15.1. The van der Waals surface area contributed by atoms with E-state index in [1.165, 1.54) is 12.1 Å². The summed E-state index contributed by atoms with van der Waals surface area (Å²) in [5.74, 6) is -0.805. The maximum atomic E-state index is 13.0. The zero-order valence-corrected chi connectivity index (χ0v) is 15.9. The fraction of sp³-hybridized carbons (Fsp3) is 0.333. The summed E-state index contributed by atoms with van der Waals surface area (Å²) in [7, 11) is 0. The summed E-state index contributed by atoms with van der Waals surface area (Å²) in [6.45, 7) is 2.42. The molecular formula is C21H22ClFN2O2. The predicted molar refractivity (Wildman–Crippen MR) is 104 cm³/mol. The standard InChI is InChI=1S/C21H22ClFN2O2/c1-14(13-15-4-8-17(23)9-5-15)21(27)25-12-2-3-19(25)20(26)24-18-10-6-16(22)7-11-18/h4-11,14,19H,2-3,12-13H2,1H3,(H,24,26)/t14?,19-/m0/s1. The minimum Gasteiger partial charge on any atom is -0.330 e. The third kappa shape index (κ3) is 4.86. The number of carbonyl (C=O) groups is 2. The molecule has 142 valence electrons. The van der Waals surface area contributed by atoms with Crippen molar-refractivity contribution < 1.29 is 14.0 Å². The van der Waals surface area contributed by atoms with Crippen LogP contribution in [0.5, 0.6) is 0 Å². The third-order valence-corrected chi connectivity index (χ3v) is 5.08. The van der Waals surface area contributed by atoms with Gasteiger partial charge in [-0.15, -0.1) is 0 Å². The molecule has 0 saturated carbocycles. The predicted octanol–water partition coefficient (Wildman–Crippen LogP) is 4.29. The Hall–Kier alpha value is -2.40. The molecule has 2 aromatic rings. The molecule has 1 fully saturated rings. The average Bonchev–Trinajstić information content (AvgIpc) is 3.14. The first-order valence-corrected chi connectivity index (χ1v) is 9.43. The van der Waals surface area contributed by atoms with E-state index in [1.54, 1.807) is 41.3 Å². The maximum absolute atomic E-state index is 13.0. The molecule has 1 aliphatic heterocycles. The van der Waals surface area contributed by atoms with Gasteiger partial charge in [0.1, 0.15) is 11.9 Å². The molecule has 1 N–H and O–H groups in total. The Morgan fingerprint density at radius 3 is 2.52 bits per heavy atom. The second kappa shape index (κ2) is 8.53. The van der Waals surface area contributed by atoms with Gasteiger partial charge >= 0.3 is 0 Å². The fourth-order valence-electron chi connectivity index (χ4n) is 3.41. The van der Waals surface area contributed by atoms with Crippen molar-refractivity contribution in [2.45, 2.75) is 32.2 Å². The minimum absolute atomic E-state index is 0.0481. The molecule has 0 aliphatic carbocycles. The van der Waals surface area contributed by atoms with Crippen LogP contribution in [0, 0.1) is 11.7 Å². The van der Waals surface area contributed by atoms with Gasteiger partial charge in [0.2, 0.25) is 11.8 Å². The molecular weight excluding hydrogens is 367 g/mol. The monoisotopic (exact) mass is 388 g/mol. The van der Waals surface area contributed by atoms with Gasteiger partial charge in [0.05, 0.1) is 0 Å². The van der Waals surface area contributed by atoms with Crippen LogP contribution in [0.15, 0.2) is 48.5 Å². The summed E-state index contributed by atoms with van der Waals surface area (Å²) in [6.07, 6.45) is 1.96. The normalized spacial score (nSPS) is 17.6. The number of rotatable bonds is 5. The van der Waals surface area contributed by atoms with Gasteiger partial charge in [-0.3, -0.25) is 9.59 Å². The summed E-state index contributed by atoms with van der Waals surface area (Å²) in [6, 6.07) is 12.6. The number of nitrogens with one attached hydrogen (secondary N) is 1. The van der Waals surface area contributed by atoms with Crippen molar-refractivity contribution in [3.05, 3.63) is 64.9 Å². The Bertz CT molecular complexity index is 808. The molecule has 0 radical (unpaired) electrons. The SMILES string of the molecule is CC(Cc1ccc(F)cc1)C(=O)N1CCC[C@H]1C(=O)Nc1ccc(Cl)cc1. The topological polar surface area (TPSA) is 49.4 Å². The molecule has 0 aromatic heterocycles. The average molecular weight is 389 g/mol. The van der Waals surface area contributed by atoms with Crippen molar-refractivity contribution in [1.82, 2.24) is 4.90 Å². The highest BCUT2D eigenvalue weighted by Crippen LogP contribution is 2.23. The number of halogens is 2. The second-order valence-corrected chi connectivity index (χ2v) is 7.35. The van der Waals surface area contributed by atoms with Gasteiger partial charge in [-0.05, 0) is 61.2 Å². The smallest absolute Gasteiger partial charge is 0.247 e. The third-order valence-electron chi connectivity index (χ3n) is 4.83. The number of benzene rings is 2. The first-order chi connectivity index (χ1) is 12.9. The molecule has 1 heterocycles. The number of carbonyl (C=O) groups excluding carboxylic acids is 2. The summed E-state index contributed by atoms with van der Waals surface area (Å²) < 4.78 is 13.0. The van der Waals surface area contributed by atoms with Gasteiger partial charge in [-0.2, -0.15) is 0 Å². The second-order valence-electron chi connectivity index (χ2n) is 6.92. The van der Waals surface area contributed by atoms with Gasteiger partial charge in [-0.1, -0.05) is 30.7 Å². The van der Waals surface area contributed by atoms with E-state index in [0.717, 1.165) is 12.0 Å². The van der Waals surface area contributed by atoms with Crippen molar-refractivity contribution in [3.63, 3.8) is 0 Å². The molecule has 2 atom stereocenters. The van der Waals surface area contributed by atoms with Crippen molar-refractivity contribution in [2.75, 3.05) is 11.9 Å². The lowest BCUT2D eigenvalue weighted by Gasteiger charge is -2.27. The Balaban J connectivity index is 1.63. The van der Waals surface area contributed by atoms with Gasteiger partial charge in [0, 0.05) is 23.2 Å². The van der Waals surface area contributed by atoms with E-state index in [-0.39, 0.29) is 23.5 Å². The van der Waals surface area contributed by atoms with Crippen molar-refractivity contribution in [1.29, 1.82) is 0 Å². The molecule has 1 saturated heterocycles. The quantitative estimate of drug-likeness (QED) is 0.830. The number of likely N-dealkylation sites (tertiary alicyclic amines) is 1. The van der Waals surface area contributed by atoms with Crippen LogP contribution in [-0.4, -0.2) is 29.3 Å². The molecule has 2 amide bonds. The summed E-state index contributed by atoms with van der Waals surface area (Å²) in [4.78, 5) is 27.2. The van der Waals surface area contributed by atoms with E-state index in [9.17, 15) is 14.0 Å². The minimum atomic E-state index is -0.469. The van der Waals surface area contributed by atoms with Gasteiger partial charge in [0.15, 0.2) is 0 Å². The molecule has 3 rings (SSSR count). The molecule has 2 aromatic carbocycles. The van der Waals surface area contributed by atoms with Crippen LogP contribution in [0.4, 0.5) is 10.1 Å². The van der Waals surface area contributed by atoms with E-state index < -0.39 is 6.04 Å². The number of hydrogen-bond donors (Lipinski definition) is 1. The highest BCUT2D eigenvalue weighted by molar-refractivity contribution is 6.30. The van der Waals surface area contributed by atoms with Crippen molar-refractivity contribution in [3.8, 4) is 0 Å². The summed E-state index contributed by atoms with van der Waals surface area (Å²) in [5.41, 5.74) is 1.56. The van der Waals surface area contributed by atoms with Gasteiger partial charge in [-0.25, -0.2) is 4.39 Å². The molecule has 1 unspecified atom stereocenters. The molecule has 6 heteroatoms. The fourth-order valence-corrected chi connectivity index (χ4v) is 3.53. The summed E-state index contributed by atoms with van der Waals surface area (Å²) in [5, 5.41) is 3.46. The number of nitrogens with zero attached hydrogens (tertiary/aromatic N) is 1. The lowest BCUT2D eigenvalue weighted by atomic mass is 9.99. The molecule has 0 bridgehead atoms. The van der Waals surface area contributed by atoms with Crippen LogP contribution in [0.2, 0.25) is 5.02 Å². The Labute approximate surface area is 163 Å². The van der Waals surface area contributed by atoms with E-state index in [1.807, 2.05) is 6.92 Å². The van der Waals surface area contributed by atoms with Crippen LogP contribution in [-0.2, 0) is 16.0 Å². The lowest BCUT2D eigenvalue weighted by molar-refractivity contribution is -0.139. The Morgan fingerprint density at radius 2 is 1.85 bits per heavy atom. The zero-order chi connectivity index (χ0) is 19.4. The maximum Gasteiger partial charge on any atom is 0.247 e. The molecule has 4 nitrogen and oxygen atoms in total. The number of amides is 2. The number of anilines is 1. The van der Waals surface area contributed by atoms with Crippen LogP contribution in [0.25, 0.3) is 0 Å². The first-order valence-electron chi connectivity index (χ1n) is 9.05. The Kier molecular flexibility index (Phi) is 6.11. The van der Waals surface area contributed by atoms with Gasteiger partial charge < -0.3 is 10.2 Å². The van der Waals surface area contributed by atoms with Crippen LogP contribution < -0.4 is 5.32 Å². The lowest BCUT2D eigenvalue weighted by Crippen LogP contribution is -2.45. The first kappa shape index (κ1) is 19.4. The molecule has 27 heavy (non-hydrogen) atoms. The van der Waals surface area contributed by atoms with E-state index in [4.69, 9.17) is 11.6 Å². The van der Waals surface area contributed by atoms with E-state index >= 15 is 0 Å². The van der Waals surface area contributed by atoms with Crippen molar-refractivity contribution in [2.24, 2.45) is 5.92 Å². The molecule has 0 spiro atoms. The van der Waals surface area contributed by atoms with Crippen LogP contribution in [0.3, 0.4) is 0 Å².